The van der Waals surface area contributed by atoms with Crippen LogP contribution in [0, 0.1) is 6.92 Å². The number of hydrogen-bond donors (Lipinski definition) is 1. The van der Waals surface area contributed by atoms with Gasteiger partial charge in [0.15, 0.2) is 11.5 Å². The highest BCUT2D eigenvalue weighted by atomic mass is 32.1. The first kappa shape index (κ1) is 17.9. The first-order valence-electron chi connectivity index (χ1n) is 8.09. The summed E-state index contributed by atoms with van der Waals surface area (Å²) in [5.41, 5.74) is 2.14. The molecule has 0 aliphatic carbocycles. The van der Waals surface area contributed by atoms with Gasteiger partial charge in [0.2, 0.25) is 0 Å². The second kappa shape index (κ2) is 8.47. The quantitative estimate of drug-likeness (QED) is 0.626. The van der Waals surface area contributed by atoms with Gasteiger partial charge in [-0.1, -0.05) is 18.2 Å². The smallest absolute Gasteiger partial charge is 0.165 e. The third-order valence-corrected chi connectivity index (χ3v) is 5.92. The molecule has 0 bridgehead atoms. The highest BCUT2D eigenvalue weighted by Gasteiger charge is 2.18. The molecular weight excluding hydrogens is 352 g/mol. The number of ether oxygens (including phenoxy) is 2. The second-order valence-corrected chi connectivity index (χ2v) is 7.62. The summed E-state index contributed by atoms with van der Waals surface area (Å²) in [6.07, 6.45) is 0.927. The van der Waals surface area contributed by atoms with Gasteiger partial charge in [0.05, 0.1) is 20.3 Å². The van der Waals surface area contributed by atoms with Gasteiger partial charge < -0.3 is 14.8 Å². The van der Waals surface area contributed by atoms with Crippen LogP contribution in [0.5, 0.6) is 11.5 Å². The molecule has 0 aliphatic rings. The maximum Gasteiger partial charge on any atom is 0.165 e. The summed E-state index contributed by atoms with van der Waals surface area (Å²) < 4.78 is 10.9. The molecule has 0 saturated carbocycles. The number of benzene rings is 1. The predicted molar refractivity (Wildman–Crippen MR) is 104 cm³/mol. The van der Waals surface area contributed by atoms with Gasteiger partial charge in [0, 0.05) is 34.5 Å². The van der Waals surface area contributed by atoms with Crippen LogP contribution in [0.3, 0.4) is 0 Å². The van der Waals surface area contributed by atoms with E-state index in [4.69, 9.17) is 9.47 Å². The van der Waals surface area contributed by atoms with Crippen molar-refractivity contribution < 1.29 is 9.47 Å². The number of para-hydroxylation sites is 1. The summed E-state index contributed by atoms with van der Waals surface area (Å²) in [5, 5.41) is 8.98. The number of nitrogens with zero attached hydrogens (tertiary/aromatic N) is 1. The molecule has 3 aromatic rings. The van der Waals surface area contributed by atoms with Crippen molar-refractivity contribution in [2.45, 2.75) is 25.9 Å². The molecule has 25 heavy (non-hydrogen) atoms. The summed E-state index contributed by atoms with van der Waals surface area (Å²) in [7, 11) is 3.33. The Hall–Kier alpha value is -1.89. The van der Waals surface area contributed by atoms with Gasteiger partial charge >= 0.3 is 0 Å². The van der Waals surface area contributed by atoms with Gasteiger partial charge in [0.25, 0.3) is 0 Å². The van der Waals surface area contributed by atoms with E-state index in [0.29, 0.717) is 6.54 Å². The van der Waals surface area contributed by atoms with Gasteiger partial charge in [-0.05, 0) is 24.4 Å². The molecule has 0 unspecified atom stereocenters. The lowest BCUT2D eigenvalue weighted by molar-refractivity contribution is 0.349. The molecule has 0 aliphatic heterocycles. The van der Waals surface area contributed by atoms with Crippen molar-refractivity contribution in [3.8, 4) is 11.5 Å². The maximum absolute atomic E-state index is 5.54. The summed E-state index contributed by atoms with van der Waals surface area (Å²) in [6, 6.07) is 10.4. The fraction of sp³-hybridized carbons (Fsp3) is 0.316. The van der Waals surface area contributed by atoms with Gasteiger partial charge in [0.1, 0.15) is 5.01 Å². The fourth-order valence-corrected chi connectivity index (χ4v) is 4.36. The van der Waals surface area contributed by atoms with E-state index in [1.54, 1.807) is 36.9 Å². The Kier molecular flexibility index (Phi) is 6.07. The van der Waals surface area contributed by atoms with Crippen LogP contribution in [-0.4, -0.2) is 19.2 Å². The molecule has 4 nitrogen and oxygen atoms in total. The second-order valence-electron chi connectivity index (χ2n) is 5.70. The zero-order valence-electron chi connectivity index (χ0n) is 14.6. The van der Waals surface area contributed by atoms with Crippen molar-refractivity contribution in [3.05, 3.63) is 62.2 Å². The zero-order valence-corrected chi connectivity index (χ0v) is 16.2. The summed E-state index contributed by atoms with van der Waals surface area (Å²) in [6.45, 7) is 2.72. The van der Waals surface area contributed by atoms with Crippen LogP contribution >= 0.6 is 22.7 Å². The van der Waals surface area contributed by atoms with Crippen LogP contribution in [-0.2, 0) is 13.0 Å². The summed E-state index contributed by atoms with van der Waals surface area (Å²) in [5.74, 6) is 1.53. The molecular formula is C19H22N2O2S2. The fourth-order valence-electron chi connectivity index (χ4n) is 2.73. The van der Waals surface area contributed by atoms with E-state index in [0.717, 1.165) is 34.2 Å². The third kappa shape index (κ3) is 4.39. The van der Waals surface area contributed by atoms with E-state index in [2.05, 4.69) is 39.3 Å². The van der Waals surface area contributed by atoms with Crippen molar-refractivity contribution in [2.24, 2.45) is 0 Å². The van der Waals surface area contributed by atoms with E-state index in [-0.39, 0.29) is 6.04 Å². The van der Waals surface area contributed by atoms with Crippen LogP contribution in [0.1, 0.15) is 27.2 Å². The van der Waals surface area contributed by atoms with Crippen LogP contribution in [0.25, 0.3) is 0 Å². The number of rotatable bonds is 8. The van der Waals surface area contributed by atoms with Gasteiger partial charge in [-0.2, -0.15) is 0 Å². The Morgan fingerprint density at radius 3 is 2.64 bits per heavy atom. The van der Waals surface area contributed by atoms with Gasteiger partial charge in [-0.15, -0.1) is 22.7 Å². The van der Waals surface area contributed by atoms with Crippen molar-refractivity contribution in [1.29, 1.82) is 0 Å². The van der Waals surface area contributed by atoms with Crippen molar-refractivity contribution in [3.63, 3.8) is 0 Å². The third-order valence-electron chi connectivity index (χ3n) is 3.94. The van der Waals surface area contributed by atoms with E-state index >= 15 is 0 Å². The zero-order chi connectivity index (χ0) is 17.6. The summed E-state index contributed by atoms with van der Waals surface area (Å²) in [4.78, 5) is 6.03. The Morgan fingerprint density at radius 1 is 1.12 bits per heavy atom. The number of aromatic nitrogens is 1. The maximum atomic E-state index is 5.54. The van der Waals surface area contributed by atoms with Crippen molar-refractivity contribution in [2.75, 3.05) is 14.2 Å². The number of hydrogen-bond acceptors (Lipinski definition) is 6. The molecule has 1 aromatic carbocycles. The minimum absolute atomic E-state index is 0.174. The minimum atomic E-state index is 0.174. The van der Waals surface area contributed by atoms with Crippen LogP contribution in [0.2, 0.25) is 0 Å². The lowest BCUT2D eigenvalue weighted by Crippen LogP contribution is -2.23. The molecule has 132 valence electrons. The van der Waals surface area contributed by atoms with Crippen LogP contribution in [0.15, 0.2) is 41.1 Å². The van der Waals surface area contributed by atoms with Crippen molar-refractivity contribution in [1.82, 2.24) is 10.3 Å². The molecule has 0 fully saturated rings. The number of thiophene rings is 1. The molecule has 2 aromatic heterocycles. The monoisotopic (exact) mass is 374 g/mol. The largest absolute Gasteiger partial charge is 0.493 e. The van der Waals surface area contributed by atoms with E-state index in [1.165, 1.54) is 4.88 Å². The molecule has 2 heterocycles. The Morgan fingerprint density at radius 2 is 2.00 bits per heavy atom. The average molecular weight is 375 g/mol. The predicted octanol–water partition coefficient (Wildman–Crippen LogP) is 4.60. The van der Waals surface area contributed by atoms with Crippen LogP contribution in [0.4, 0.5) is 0 Å². The molecule has 0 saturated heterocycles. The molecule has 0 amide bonds. The Bertz CT molecular complexity index is 800. The highest BCUT2D eigenvalue weighted by molar-refractivity contribution is 7.10. The molecule has 6 heteroatoms. The molecule has 1 atom stereocenters. The van der Waals surface area contributed by atoms with E-state index in [1.807, 2.05) is 19.1 Å². The standard InChI is InChI=1S/C19H22N2O2S2/c1-13-12-25-19(21-13)16(10-15-7-5-9-24-15)20-11-14-6-4-8-17(22-2)18(14)23-3/h4-9,12,16,20H,10-11H2,1-3H3/t16-/m1/s1. The lowest BCUT2D eigenvalue weighted by atomic mass is 10.1. The lowest BCUT2D eigenvalue weighted by Gasteiger charge is -2.18. The van der Waals surface area contributed by atoms with E-state index in [9.17, 15) is 0 Å². The number of aryl methyl sites for hydroxylation is 1. The SMILES string of the molecule is COc1cccc(CN[C@H](Cc2cccs2)c2nc(C)cs2)c1OC. The first-order chi connectivity index (χ1) is 12.2. The summed E-state index contributed by atoms with van der Waals surface area (Å²) >= 11 is 3.49. The van der Waals surface area contributed by atoms with Crippen molar-refractivity contribution >= 4 is 22.7 Å². The first-order valence-corrected chi connectivity index (χ1v) is 9.85. The van der Waals surface area contributed by atoms with E-state index < -0.39 is 0 Å². The topological polar surface area (TPSA) is 43.4 Å². The molecule has 1 N–H and O–H groups in total. The Balaban J connectivity index is 1.79. The number of nitrogens with one attached hydrogen (secondary N) is 1. The normalized spacial score (nSPS) is 12.1. The van der Waals surface area contributed by atoms with Crippen LogP contribution < -0.4 is 14.8 Å². The highest BCUT2D eigenvalue weighted by Crippen LogP contribution is 2.31. The average Bonchev–Trinajstić information content (AvgIpc) is 3.29. The minimum Gasteiger partial charge on any atom is -0.493 e. The van der Waals surface area contributed by atoms with Gasteiger partial charge in [-0.3, -0.25) is 0 Å². The molecule has 3 rings (SSSR count). The molecule has 0 spiro atoms. The number of methoxy groups -OCH3 is 2. The number of thiazole rings is 1. The molecule has 0 radical (unpaired) electrons. The Labute approximate surface area is 156 Å². The van der Waals surface area contributed by atoms with Gasteiger partial charge in [-0.25, -0.2) is 4.98 Å².